The SMILES string of the molecule is Cc1ccc(CNC(=O)C2C(c3ccccc3)C(C(=O)c3ccccc3)C(c3ccc(C#N)cc3)N2C(=O)CC(C)C)cc1. The Morgan fingerprint density at radius 2 is 1.43 bits per heavy atom. The van der Waals surface area contributed by atoms with Crippen LogP contribution in [0.1, 0.15) is 70.4 Å². The lowest BCUT2D eigenvalue weighted by Gasteiger charge is -2.32. The van der Waals surface area contributed by atoms with Gasteiger partial charge in [0, 0.05) is 24.4 Å². The van der Waals surface area contributed by atoms with E-state index in [0.717, 1.165) is 16.7 Å². The van der Waals surface area contributed by atoms with Crippen LogP contribution in [0, 0.1) is 30.1 Å². The molecule has 222 valence electrons. The van der Waals surface area contributed by atoms with E-state index >= 15 is 0 Å². The van der Waals surface area contributed by atoms with Gasteiger partial charge in [0.1, 0.15) is 6.04 Å². The molecule has 1 aliphatic rings. The number of hydrogen-bond donors (Lipinski definition) is 1. The number of ketones is 1. The lowest BCUT2D eigenvalue weighted by atomic mass is 9.76. The van der Waals surface area contributed by atoms with Gasteiger partial charge in [-0.15, -0.1) is 0 Å². The lowest BCUT2D eigenvalue weighted by molar-refractivity contribution is -0.141. The van der Waals surface area contributed by atoms with E-state index in [1.54, 1.807) is 41.3 Å². The van der Waals surface area contributed by atoms with Crippen molar-refractivity contribution in [1.29, 1.82) is 5.26 Å². The molecule has 4 aromatic rings. The molecule has 0 spiro atoms. The molecule has 1 heterocycles. The van der Waals surface area contributed by atoms with Crippen LogP contribution in [0.2, 0.25) is 0 Å². The van der Waals surface area contributed by atoms with Crippen LogP contribution in [0.3, 0.4) is 0 Å². The first-order valence-corrected chi connectivity index (χ1v) is 15.1. The molecular formula is C38H37N3O3. The van der Waals surface area contributed by atoms with E-state index in [-0.39, 0.29) is 29.9 Å². The smallest absolute Gasteiger partial charge is 0.243 e. The summed E-state index contributed by atoms with van der Waals surface area (Å²) in [4.78, 5) is 44.9. The Hall–Kier alpha value is -5.02. The van der Waals surface area contributed by atoms with Crippen LogP contribution in [0.4, 0.5) is 0 Å². The third-order valence-electron chi connectivity index (χ3n) is 8.32. The maximum absolute atomic E-state index is 14.6. The number of hydrogen-bond acceptors (Lipinski definition) is 4. The number of aryl methyl sites for hydroxylation is 1. The molecule has 1 aliphatic heterocycles. The van der Waals surface area contributed by atoms with Crippen LogP contribution in [0.5, 0.6) is 0 Å². The average molecular weight is 584 g/mol. The van der Waals surface area contributed by atoms with Gasteiger partial charge in [0.2, 0.25) is 11.8 Å². The number of carbonyl (C=O) groups is 3. The van der Waals surface area contributed by atoms with Crippen LogP contribution < -0.4 is 5.32 Å². The van der Waals surface area contributed by atoms with Gasteiger partial charge >= 0.3 is 0 Å². The summed E-state index contributed by atoms with van der Waals surface area (Å²) in [5, 5.41) is 12.6. The van der Waals surface area contributed by atoms with E-state index in [0.29, 0.717) is 23.2 Å². The summed E-state index contributed by atoms with van der Waals surface area (Å²) in [7, 11) is 0. The molecule has 0 saturated carbocycles. The summed E-state index contributed by atoms with van der Waals surface area (Å²) in [5.74, 6) is -1.95. The molecule has 44 heavy (non-hydrogen) atoms. The molecule has 4 aromatic carbocycles. The van der Waals surface area contributed by atoms with Gasteiger partial charge in [-0.05, 0) is 41.7 Å². The van der Waals surface area contributed by atoms with Gasteiger partial charge in [-0.1, -0.05) is 116 Å². The van der Waals surface area contributed by atoms with Crippen molar-refractivity contribution in [2.24, 2.45) is 11.8 Å². The minimum absolute atomic E-state index is 0.0411. The van der Waals surface area contributed by atoms with E-state index in [2.05, 4.69) is 11.4 Å². The molecule has 1 saturated heterocycles. The molecule has 1 fully saturated rings. The number of nitriles is 1. The van der Waals surface area contributed by atoms with Crippen molar-refractivity contribution in [3.05, 3.63) is 143 Å². The third-order valence-corrected chi connectivity index (χ3v) is 8.32. The molecule has 5 rings (SSSR count). The van der Waals surface area contributed by atoms with Gasteiger partial charge in [-0.2, -0.15) is 5.26 Å². The number of Topliss-reactive ketones (excluding diaryl/α,β-unsaturated/α-hetero) is 1. The Labute approximate surface area is 259 Å². The summed E-state index contributed by atoms with van der Waals surface area (Å²) in [5.41, 5.74) is 4.59. The molecule has 6 nitrogen and oxygen atoms in total. The maximum atomic E-state index is 14.6. The predicted octanol–water partition coefficient (Wildman–Crippen LogP) is 6.76. The van der Waals surface area contributed by atoms with Crippen LogP contribution >= 0.6 is 0 Å². The highest BCUT2D eigenvalue weighted by molar-refractivity contribution is 6.02. The van der Waals surface area contributed by atoms with E-state index in [4.69, 9.17) is 0 Å². The molecule has 0 aromatic heterocycles. The van der Waals surface area contributed by atoms with Crippen molar-refractivity contribution in [1.82, 2.24) is 10.2 Å². The van der Waals surface area contributed by atoms with Crippen molar-refractivity contribution >= 4 is 17.6 Å². The number of benzene rings is 4. The van der Waals surface area contributed by atoms with Crippen LogP contribution in [0.25, 0.3) is 0 Å². The first-order valence-electron chi connectivity index (χ1n) is 15.1. The monoisotopic (exact) mass is 583 g/mol. The number of nitrogens with zero attached hydrogens (tertiary/aromatic N) is 2. The van der Waals surface area contributed by atoms with Crippen molar-refractivity contribution in [2.45, 2.75) is 51.7 Å². The minimum Gasteiger partial charge on any atom is -0.350 e. The minimum atomic E-state index is -0.938. The number of amides is 2. The van der Waals surface area contributed by atoms with Gasteiger partial charge in [-0.3, -0.25) is 14.4 Å². The predicted molar refractivity (Wildman–Crippen MR) is 170 cm³/mol. The van der Waals surface area contributed by atoms with Gasteiger partial charge in [0.25, 0.3) is 0 Å². The summed E-state index contributed by atoms with van der Waals surface area (Å²) < 4.78 is 0. The highest BCUT2D eigenvalue weighted by Crippen LogP contribution is 2.51. The zero-order valence-electron chi connectivity index (χ0n) is 25.3. The van der Waals surface area contributed by atoms with Gasteiger partial charge in [0.05, 0.1) is 23.6 Å². The highest BCUT2D eigenvalue weighted by atomic mass is 16.2. The second-order valence-electron chi connectivity index (χ2n) is 11.9. The van der Waals surface area contributed by atoms with E-state index in [9.17, 15) is 19.6 Å². The van der Waals surface area contributed by atoms with E-state index in [1.165, 1.54) is 0 Å². The summed E-state index contributed by atoms with van der Waals surface area (Å²) in [6.45, 7) is 6.25. The van der Waals surface area contributed by atoms with Crippen molar-refractivity contribution in [3.63, 3.8) is 0 Å². The Kier molecular flexibility index (Phi) is 9.35. The van der Waals surface area contributed by atoms with Gasteiger partial charge in [0.15, 0.2) is 5.78 Å². The number of carbonyl (C=O) groups excluding carboxylic acids is 3. The summed E-state index contributed by atoms with van der Waals surface area (Å²) in [6.07, 6.45) is 0.224. The normalized spacial score (nSPS) is 19.4. The van der Waals surface area contributed by atoms with E-state index in [1.807, 2.05) is 93.6 Å². The fraction of sp³-hybridized carbons (Fsp3) is 0.263. The first kappa shape index (κ1) is 30.4. The topological polar surface area (TPSA) is 90.3 Å². The lowest BCUT2D eigenvalue weighted by Crippen LogP contribution is -2.48. The molecule has 1 N–H and O–H groups in total. The maximum Gasteiger partial charge on any atom is 0.243 e. The zero-order valence-corrected chi connectivity index (χ0v) is 25.3. The fourth-order valence-corrected chi connectivity index (χ4v) is 6.25. The number of nitrogens with one attached hydrogen (secondary N) is 1. The largest absolute Gasteiger partial charge is 0.350 e. The summed E-state index contributed by atoms with van der Waals surface area (Å²) >= 11 is 0. The molecule has 0 aliphatic carbocycles. The van der Waals surface area contributed by atoms with Crippen LogP contribution in [-0.4, -0.2) is 28.5 Å². The van der Waals surface area contributed by atoms with Gasteiger partial charge in [-0.25, -0.2) is 0 Å². The Bertz CT molecular complexity index is 1640. The molecule has 4 atom stereocenters. The van der Waals surface area contributed by atoms with Crippen molar-refractivity contribution in [3.8, 4) is 6.07 Å². The second-order valence-corrected chi connectivity index (χ2v) is 11.9. The first-order chi connectivity index (χ1) is 21.3. The van der Waals surface area contributed by atoms with E-state index < -0.39 is 23.9 Å². The standard InChI is InChI=1S/C38H37N3O3/c1-25(2)22-32(42)41-35(30-20-18-27(23-39)19-21-30)34(37(43)31-12-8-5-9-13-31)33(29-10-6-4-7-11-29)36(41)38(44)40-24-28-16-14-26(3)15-17-28/h4-21,25,33-36H,22,24H2,1-3H3,(H,40,44). The Balaban J connectivity index is 1.69. The Morgan fingerprint density at radius 3 is 2.02 bits per heavy atom. The average Bonchev–Trinajstić information content (AvgIpc) is 3.41. The molecular weight excluding hydrogens is 546 g/mol. The van der Waals surface area contributed by atoms with Crippen LogP contribution in [-0.2, 0) is 16.1 Å². The molecule has 6 heteroatoms. The van der Waals surface area contributed by atoms with Crippen molar-refractivity contribution < 1.29 is 14.4 Å². The fourth-order valence-electron chi connectivity index (χ4n) is 6.25. The van der Waals surface area contributed by atoms with Crippen molar-refractivity contribution in [2.75, 3.05) is 0 Å². The highest BCUT2D eigenvalue weighted by Gasteiger charge is 2.57. The molecule has 0 bridgehead atoms. The third kappa shape index (κ3) is 6.48. The number of rotatable bonds is 9. The zero-order chi connectivity index (χ0) is 31.2. The summed E-state index contributed by atoms with van der Waals surface area (Å²) in [6, 6.07) is 34.1. The van der Waals surface area contributed by atoms with Gasteiger partial charge < -0.3 is 10.2 Å². The molecule has 2 amide bonds. The number of likely N-dealkylation sites (tertiary alicyclic amines) is 1. The molecule has 4 unspecified atom stereocenters. The second kappa shape index (κ2) is 13.5. The molecule has 0 radical (unpaired) electrons. The quantitative estimate of drug-likeness (QED) is 0.220. The Morgan fingerprint density at radius 1 is 0.818 bits per heavy atom. The van der Waals surface area contributed by atoms with Crippen LogP contribution in [0.15, 0.2) is 109 Å².